The summed E-state index contributed by atoms with van der Waals surface area (Å²) in [4.78, 5) is 14.8. The van der Waals surface area contributed by atoms with Gasteiger partial charge in [0.25, 0.3) is 0 Å². The predicted octanol–water partition coefficient (Wildman–Crippen LogP) is -0.146. The smallest absolute Gasteiger partial charge is 0.319 e. The molecule has 1 rings (SSSR count). The number of nitrogens with zero attached hydrogens (tertiary/aromatic N) is 3. The summed E-state index contributed by atoms with van der Waals surface area (Å²) < 4.78 is 24.8. The lowest BCUT2D eigenvalue weighted by Crippen LogP contribution is -2.53. The molecule has 100 valence electrons. The van der Waals surface area contributed by atoms with Crippen LogP contribution < -0.4 is 0 Å². The number of carbonyl (C=O) groups excluding carboxylic acids is 1. The van der Waals surface area contributed by atoms with Gasteiger partial charge in [-0.1, -0.05) is 0 Å². The fourth-order valence-electron chi connectivity index (χ4n) is 1.67. The zero-order chi connectivity index (χ0) is 13.1. The minimum Gasteiger partial charge on any atom is -0.331 e. The first-order chi connectivity index (χ1) is 7.88. The van der Waals surface area contributed by atoms with Crippen molar-refractivity contribution in [3.8, 4) is 0 Å². The molecule has 0 spiro atoms. The Morgan fingerprint density at radius 2 is 1.76 bits per heavy atom. The molecule has 0 atom stereocenters. The summed E-state index contributed by atoms with van der Waals surface area (Å²) in [7, 11) is 0.106. The molecule has 0 unspecified atom stereocenters. The van der Waals surface area contributed by atoms with Crippen molar-refractivity contribution >= 4 is 27.7 Å². The molecule has 0 aromatic rings. The summed E-state index contributed by atoms with van der Waals surface area (Å²) in [5, 5.41) is 0. The van der Waals surface area contributed by atoms with Gasteiger partial charge < -0.3 is 9.80 Å². The monoisotopic (exact) mass is 283 g/mol. The maximum Gasteiger partial charge on any atom is 0.319 e. The number of hydrogen-bond donors (Lipinski definition) is 0. The third-order valence-electron chi connectivity index (χ3n) is 2.62. The number of urea groups is 1. The molecule has 1 heterocycles. The fourth-order valence-corrected chi connectivity index (χ4v) is 3.42. The molecule has 1 aliphatic rings. The maximum atomic E-state index is 11.7. The van der Waals surface area contributed by atoms with Crippen LogP contribution in [-0.4, -0.2) is 80.5 Å². The van der Waals surface area contributed by atoms with Crippen molar-refractivity contribution in [3.63, 3.8) is 0 Å². The number of hydrogen-bond acceptors (Lipinski definition) is 3. The molecule has 0 aromatic heterocycles. The van der Waals surface area contributed by atoms with Crippen LogP contribution in [-0.2, 0) is 10.0 Å². The van der Waals surface area contributed by atoms with Gasteiger partial charge in [0.2, 0.25) is 10.0 Å². The molecule has 17 heavy (non-hydrogen) atoms. The third kappa shape index (κ3) is 3.72. The molecule has 1 aliphatic heterocycles. The molecule has 0 aliphatic carbocycles. The van der Waals surface area contributed by atoms with Crippen molar-refractivity contribution in [2.45, 2.75) is 0 Å². The summed E-state index contributed by atoms with van der Waals surface area (Å²) >= 11 is 5.45. The molecule has 0 bridgehead atoms. The van der Waals surface area contributed by atoms with Crippen molar-refractivity contribution in [1.29, 1.82) is 0 Å². The van der Waals surface area contributed by atoms with Gasteiger partial charge in [-0.25, -0.2) is 13.2 Å². The molecule has 0 saturated carbocycles. The van der Waals surface area contributed by atoms with Crippen molar-refractivity contribution < 1.29 is 13.2 Å². The van der Waals surface area contributed by atoms with E-state index in [2.05, 4.69) is 0 Å². The molecular formula is C9H18ClN3O3S. The molecule has 0 N–H and O–H groups in total. The third-order valence-corrected chi connectivity index (χ3v) is 4.91. The van der Waals surface area contributed by atoms with E-state index in [1.54, 1.807) is 19.0 Å². The van der Waals surface area contributed by atoms with E-state index < -0.39 is 10.0 Å². The normalized spacial score (nSPS) is 18.2. The van der Waals surface area contributed by atoms with Crippen molar-refractivity contribution in [3.05, 3.63) is 0 Å². The van der Waals surface area contributed by atoms with E-state index in [4.69, 9.17) is 11.6 Å². The lowest BCUT2D eigenvalue weighted by Gasteiger charge is -2.35. The number of sulfonamides is 1. The SMILES string of the molecule is CN(C)C(=O)N1CCN(S(=O)(=O)CCCl)CC1. The van der Waals surface area contributed by atoms with E-state index in [9.17, 15) is 13.2 Å². The molecule has 0 radical (unpaired) electrons. The van der Waals surface area contributed by atoms with Crippen LogP contribution in [0.3, 0.4) is 0 Å². The lowest BCUT2D eigenvalue weighted by atomic mass is 10.4. The highest BCUT2D eigenvalue weighted by Gasteiger charge is 2.28. The Kier molecular flexibility index (Phi) is 5.03. The first-order valence-corrected chi connectivity index (χ1v) is 7.53. The highest BCUT2D eigenvalue weighted by atomic mass is 35.5. The van der Waals surface area contributed by atoms with Crippen LogP contribution in [0.5, 0.6) is 0 Å². The maximum absolute atomic E-state index is 11.7. The molecule has 2 amide bonds. The molecule has 1 saturated heterocycles. The van der Waals surface area contributed by atoms with Crippen molar-refractivity contribution in [2.24, 2.45) is 0 Å². The zero-order valence-electron chi connectivity index (χ0n) is 10.1. The van der Waals surface area contributed by atoms with Gasteiger partial charge in [-0.3, -0.25) is 0 Å². The Hall–Kier alpha value is -0.530. The minimum absolute atomic E-state index is 0.0455. The Bertz CT molecular complexity index is 364. The van der Waals surface area contributed by atoms with Crippen LogP contribution in [0.15, 0.2) is 0 Å². The molecule has 8 heteroatoms. The van der Waals surface area contributed by atoms with Gasteiger partial charge in [0.1, 0.15) is 0 Å². The Labute approximate surface area is 107 Å². The van der Waals surface area contributed by atoms with Gasteiger partial charge in [-0.15, -0.1) is 11.6 Å². The van der Waals surface area contributed by atoms with Crippen LogP contribution in [0.25, 0.3) is 0 Å². The number of alkyl halides is 1. The summed E-state index contributed by atoms with van der Waals surface area (Å²) in [5.41, 5.74) is 0. The number of piperazine rings is 1. The second-order valence-electron chi connectivity index (χ2n) is 4.07. The highest BCUT2D eigenvalue weighted by molar-refractivity contribution is 7.89. The van der Waals surface area contributed by atoms with Gasteiger partial charge >= 0.3 is 6.03 Å². The van der Waals surface area contributed by atoms with Crippen LogP contribution in [0.2, 0.25) is 0 Å². The summed E-state index contributed by atoms with van der Waals surface area (Å²) in [6, 6.07) is -0.0839. The van der Waals surface area contributed by atoms with Gasteiger partial charge in [-0.2, -0.15) is 4.31 Å². The highest BCUT2D eigenvalue weighted by Crippen LogP contribution is 2.09. The van der Waals surface area contributed by atoms with Crippen LogP contribution >= 0.6 is 11.6 Å². The van der Waals surface area contributed by atoms with Gasteiger partial charge in [0.15, 0.2) is 0 Å². The molecular weight excluding hydrogens is 266 g/mol. The predicted molar refractivity (Wildman–Crippen MR) is 66.7 cm³/mol. The Morgan fingerprint density at radius 3 is 2.18 bits per heavy atom. The number of rotatable bonds is 3. The van der Waals surface area contributed by atoms with Crippen molar-refractivity contribution in [1.82, 2.24) is 14.1 Å². The quantitative estimate of drug-likeness (QED) is 0.677. The van der Waals surface area contributed by atoms with E-state index in [0.29, 0.717) is 26.2 Å². The number of carbonyl (C=O) groups is 1. The molecule has 0 aromatic carbocycles. The van der Waals surface area contributed by atoms with E-state index in [-0.39, 0.29) is 17.7 Å². The number of amides is 2. The average Bonchev–Trinajstić information content (AvgIpc) is 2.28. The van der Waals surface area contributed by atoms with Crippen LogP contribution in [0.4, 0.5) is 4.79 Å². The molecule has 1 fully saturated rings. The fraction of sp³-hybridized carbons (Fsp3) is 0.889. The first kappa shape index (κ1) is 14.5. The minimum atomic E-state index is -3.25. The summed E-state index contributed by atoms with van der Waals surface area (Å²) in [5.74, 6) is 0.0510. The number of halogens is 1. The lowest BCUT2D eigenvalue weighted by molar-refractivity contribution is 0.149. The van der Waals surface area contributed by atoms with E-state index in [1.165, 1.54) is 9.21 Å². The second kappa shape index (κ2) is 5.88. The van der Waals surface area contributed by atoms with Crippen LogP contribution in [0, 0.1) is 0 Å². The van der Waals surface area contributed by atoms with E-state index in [0.717, 1.165) is 0 Å². The summed E-state index contributed by atoms with van der Waals surface area (Å²) in [6.45, 7) is 1.55. The standard InChI is InChI=1S/C9H18ClN3O3S/c1-11(2)9(14)12-4-6-13(7-5-12)17(15,16)8-3-10/h3-8H2,1-2H3. The Morgan fingerprint density at radius 1 is 1.24 bits per heavy atom. The van der Waals surface area contributed by atoms with Crippen molar-refractivity contribution in [2.75, 3.05) is 51.9 Å². The zero-order valence-corrected chi connectivity index (χ0v) is 11.7. The molecule has 6 nitrogen and oxygen atoms in total. The average molecular weight is 284 g/mol. The summed E-state index contributed by atoms with van der Waals surface area (Å²) in [6.07, 6.45) is 0. The van der Waals surface area contributed by atoms with E-state index >= 15 is 0 Å². The first-order valence-electron chi connectivity index (χ1n) is 5.38. The largest absolute Gasteiger partial charge is 0.331 e. The van der Waals surface area contributed by atoms with E-state index in [1.807, 2.05) is 0 Å². The van der Waals surface area contributed by atoms with Gasteiger partial charge in [-0.05, 0) is 0 Å². The van der Waals surface area contributed by atoms with Crippen LogP contribution in [0.1, 0.15) is 0 Å². The van der Waals surface area contributed by atoms with Gasteiger partial charge in [0, 0.05) is 46.2 Å². The van der Waals surface area contributed by atoms with Gasteiger partial charge in [0.05, 0.1) is 5.75 Å². The Balaban J connectivity index is 2.54. The topological polar surface area (TPSA) is 60.9 Å². The second-order valence-corrected chi connectivity index (χ2v) is 6.53.